The zero-order valence-corrected chi connectivity index (χ0v) is 21.4. The fraction of sp³-hybridized carbons (Fsp3) is 0.448. The van der Waals surface area contributed by atoms with E-state index >= 15 is 0 Å². The van der Waals surface area contributed by atoms with Gasteiger partial charge in [-0.05, 0) is 94.1 Å². The fourth-order valence-electron chi connectivity index (χ4n) is 6.51. The van der Waals surface area contributed by atoms with Crippen molar-refractivity contribution in [1.82, 2.24) is 0 Å². The van der Waals surface area contributed by atoms with Gasteiger partial charge in [0.05, 0.1) is 8.07 Å². The maximum atomic E-state index is 2.73. The summed E-state index contributed by atoms with van der Waals surface area (Å²) in [5, 5.41) is 0. The Bertz CT molecular complexity index is 1060. The summed E-state index contributed by atoms with van der Waals surface area (Å²) >= 11 is 0. The molecule has 0 aromatic heterocycles. The third-order valence-corrected chi connectivity index (χ3v) is 12.4. The molecule has 0 amide bonds. The summed E-state index contributed by atoms with van der Waals surface area (Å²) in [5.74, 6) is 0.663. The van der Waals surface area contributed by atoms with Gasteiger partial charge in [0, 0.05) is 0 Å². The predicted molar refractivity (Wildman–Crippen MR) is 135 cm³/mol. The second-order valence-electron chi connectivity index (χ2n) is 10.6. The largest absolute Gasteiger partial charge is 1.00 e. The molecule has 2 heteroatoms. The molecule has 0 bridgehead atoms. The maximum Gasteiger partial charge on any atom is 1.00 e. The zero-order valence-electron chi connectivity index (χ0n) is 21.4. The molecule has 0 N–H and O–H groups in total. The Labute approximate surface area is 203 Å². The first kappa shape index (κ1) is 22.9. The molecule has 0 fully saturated rings. The molecular formula is C29H37LiSi. The van der Waals surface area contributed by atoms with Gasteiger partial charge in [-0.1, -0.05) is 81.9 Å². The molecule has 158 valence electrons. The molecule has 0 heterocycles. The van der Waals surface area contributed by atoms with Crippen LogP contribution in [0.3, 0.4) is 0 Å². The van der Waals surface area contributed by atoms with E-state index in [-0.39, 0.29) is 20.3 Å². The van der Waals surface area contributed by atoms with E-state index in [1.165, 1.54) is 43.2 Å². The Kier molecular flexibility index (Phi) is 6.35. The standard InChI is InChI=1S/C29H36Si.Li.H/c1-6-10-19(2)25-18-29(27-17-22-12-9-11-21(22)16-26(25)27)30(4,5)28-15-20(3)23-13-7-8-14-24(23)28;;/h7-8,13-19,28-29H,6,9-12H2,1-5H3;;/q;+1;-1. The first-order chi connectivity index (χ1) is 14.4. The number of fused-ring (bicyclic) bond motifs is 3. The van der Waals surface area contributed by atoms with Crippen LogP contribution in [0, 0.1) is 5.92 Å². The van der Waals surface area contributed by atoms with Crippen LogP contribution in [0.5, 0.6) is 0 Å². The molecule has 0 saturated carbocycles. The van der Waals surface area contributed by atoms with Crippen LogP contribution in [0.1, 0.15) is 85.9 Å². The number of benzene rings is 2. The van der Waals surface area contributed by atoms with Gasteiger partial charge in [-0.15, -0.1) is 0 Å². The molecule has 3 aliphatic carbocycles. The van der Waals surface area contributed by atoms with E-state index in [2.05, 4.69) is 82.4 Å². The topological polar surface area (TPSA) is 0 Å². The van der Waals surface area contributed by atoms with Crippen LogP contribution in [-0.2, 0) is 12.8 Å². The average Bonchev–Trinajstić information content (AvgIpc) is 3.42. The number of aryl methyl sites for hydroxylation is 2. The molecular weight excluding hydrogens is 383 g/mol. The number of allylic oxidation sites excluding steroid dienone is 4. The monoisotopic (exact) mass is 420 g/mol. The van der Waals surface area contributed by atoms with Gasteiger partial charge >= 0.3 is 18.9 Å². The van der Waals surface area contributed by atoms with Crippen molar-refractivity contribution in [1.29, 1.82) is 0 Å². The second-order valence-corrected chi connectivity index (χ2v) is 15.5. The van der Waals surface area contributed by atoms with Crippen LogP contribution in [0.4, 0.5) is 0 Å². The van der Waals surface area contributed by atoms with Crippen LogP contribution >= 0.6 is 0 Å². The SMILES string of the molecule is CCCC(C)C1=CC([Si](C)(C)C2C=C(C)c3ccccc32)c2cc3c(cc21)CCC3.[H-].[Li+]. The van der Waals surface area contributed by atoms with Crippen molar-refractivity contribution in [3.05, 3.63) is 81.9 Å². The minimum Gasteiger partial charge on any atom is -1.00 e. The summed E-state index contributed by atoms with van der Waals surface area (Å²) in [4.78, 5) is 0. The predicted octanol–water partition coefficient (Wildman–Crippen LogP) is 5.20. The van der Waals surface area contributed by atoms with Gasteiger partial charge in [-0.2, -0.15) is 0 Å². The fourth-order valence-corrected chi connectivity index (χ4v) is 10.3. The van der Waals surface area contributed by atoms with Gasteiger partial charge in [0.1, 0.15) is 0 Å². The van der Waals surface area contributed by atoms with E-state index in [0.717, 1.165) is 0 Å². The van der Waals surface area contributed by atoms with Crippen LogP contribution < -0.4 is 18.9 Å². The summed E-state index contributed by atoms with van der Waals surface area (Å²) in [6, 6.07) is 14.4. The Hall–Kier alpha value is -1.27. The molecule has 0 saturated heterocycles. The van der Waals surface area contributed by atoms with Gasteiger partial charge in [-0.25, -0.2) is 0 Å². The Balaban J connectivity index is 0.00000144. The second kappa shape index (κ2) is 8.59. The van der Waals surface area contributed by atoms with Crippen molar-refractivity contribution < 1.29 is 20.3 Å². The van der Waals surface area contributed by atoms with Crippen molar-refractivity contribution in [3.8, 4) is 0 Å². The molecule has 3 aliphatic rings. The first-order valence-corrected chi connectivity index (χ1v) is 15.2. The molecule has 31 heavy (non-hydrogen) atoms. The summed E-state index contributed by atoms with van der Waals surface area (Å²) in [6.45, 7) is 12.4. The summed E-state index contributed by atoms with van der Waals surface area (Å²) < 4.78 is 0. The van der Waals surface area contributed by atoms with Gasteiger partial charge in [0.15, 0.2) is 0 Å². The van der Waals surface area contributed by atoms with Gasteiger partial charge in [-0.3, -0.25) is 0 Å². The third-order valence-electron chi connectivity index (χ3n) is 8.25. The zero-order chi connectivity index (χ0) is 21.0. The van der Waals surface area contributed by atoms with E-state index < -0.39 is 8.07 Å². The molecule has 3 atom stereocenters. The van der Waals surface area contributed by atoms with E-state index in [4.69, 9.17) is 0 Å². The number of rotatable bonds is 5. The Morgan fingerprint density at radius 1 is 0.968 bits per heavy atom. The Morgan fingerprint density at radius 2 is 1.65 bits per heavy atom. The first-order valence-electron chi connectivity index (χ1n) is 12.1. The Morgan fingerprint density at radius 3 is 2.39 bits per heavy atom. The molecule has 0 radical (unpaired) electrons. The smallest absolute Gasteiger partial charge is 1.00 e. The van der Waals surface area contributed by atoms with E-state index in [1.807, 2.05) is 0 Å². The van der Waals surface area contributed by atoms with Crippen LogP contribution in [0.2, 0.25) is 13.1 Å². The number of hydrogen-bond donors (Lipinski definition) is 0. The molecule has 0 spiro atoms. The van der Waals surface area contributed by atoms with E-state index in [1.54, 1.807) is 33.4 Å². The van der Waals surface area contributed by atoms with E-state index in [0.29, 0.717) is 17.0 Å². The minimum atomic E-state index is -1.68. The van der Waals surface area contributed by atoms with Gasteiger partial charge in [0.2, 0.25) is 0 Å². The van der Waals surface area contributed by atoms with Crippen molar-refractivity contribution in [2.24, 2.45) is 5.92 Å². The van der Waals surface area contributed by atoms with Crippen LogP contribution in [0.15, 0.2) is 48.6 Å². The summed E-state index contributed by atoms with van der Waals surface area (Å²) in [6.07, 6.45) is 11.8. The van der Waals surface area contributed by atoms with E-state index in [9.17, 15) is 0 Å². The van der Waals surface area contributed by atoms with Crippen LogP contribution in [0.25, 0.3) is 11.1 Å². The van der Waals surface area contributed by atoms with Crippen LogP contribution in [-0.4, -0.2) is 8.07 Å². The average molecular weight is 421 g/mol. The third kappa shape index (κ3) is 3.68. The minimum absolute atomic E-state index is 0. The van der Waals surface area contributed by atoms with Crippen molar-refractivity contribution in [2.45, 2.75) is 77.1 Å². The molecule has 2 aromatic carbocycles. The van der Waals surface area contributed by atoms with Crippen molar-refractivity contribution >= 4 is 19.2 Å². The van der Waals surface area contributed by atoms with Crippen molar-refractivity contribution in [3.63, 3.8) is 0 Å². The molecule has 5 rings (SSSR count). The van der Waals surface area contributed by atoms with Crippen molar-refractivity contribution in [2.75, 3.05) is 0 Å². The normalized spacial score (nSPS) is 22.2. The molecule has 0 nitrogen and oxygen atoms in total. The number of hydrogen-bond acceptors (Lipinski definition) is 0. The molecule has 3 unspecified atom stereocenters. The van der Waals surface area contributed by atoms with Gasteiger partial charge in [0.25, 0.3) is 0 Å². The quantitative estimate of drug-likeness (QED) is 0.584. The maximum absolute atomic E-state index is 2.73. The summed E-state index contributed by atoms with van der Waals surface area (Å²) in [5.41, 5.74) is 14.0. The summed E-state index contributed by atoms with van der Waals surface area (Å²) in [7, 11) is -1.68. The molecule has 2 aromatic rings. The molecule has 0 aliphatic heterocycles. The van der Waals surface area contributed by atoms with Gasteiger partial charge < -0.3 is 1.43 Å².